The van der Waals surface area contributed by atoms with Gasteiger partial charge in [0.15, 0.2) is 22.7 Å². The van der Waals surface area contributed by atoms with Crippen molar-refractivity contribution in [3.05, 3.63) is 105 Å². The zero-order chi connectivity index (χ0) is 34.1. The van der Waals surface area contributed by atoms with E-state index in [1.165, 1.54) is 12.1 Å². The van der Waals surface area contributed by atoms with E-state index in [-0.39, 0.29) is 35.3 Å². The average Bonchev–Trinajstić information content (AvgIpc) is 3.60. The number of rotatable bonds is 7. The maximum atomic E-state index is 14.2. The van der Waals surface area contributed by atoms with Crippen LogP contribution in [0.25, 0.3) is 16.5 Å². The van der Waals surface area contributed by atoms with Gasteiger partial charge in [0.05, 0.1) is 10.9 Å². The standard InChI is InChI=1S/C37H35ClN4O7/c1-23(24-9-11-25(38)12-10-24)34(39-35(44)33-20-29(43)27-19-31-32(48-22-47-31)21-30(27)49-33)37(46)42-17-15-40(16-18-42)28-8-4-3-7-26(28)36(45)41-13-5-2-6-14-41/h3-4,7-12,19-21,34H,1-2,5-6,13-18,22H2,(H,39,44)/t34-/m1/s1. The molecule has 252 valence electrons. The zero-order valence-electron chi connectivity index (χ0n) is 26.8. The highest BCUT2D eigenvalue weighted by molar-refractivity contribution is 6.30. The molecule has 1 atom stereocenters. The third-order valence-corrected chi connectivity index (χ3v) is 9.49. The van der Waals surface area contributed by atoms with Crippen LogP contribution in [0, 0.1) is 0 Å². The molecule has 1 aromatic heterocycles. The van der Waals surface area contributed by atoms with E-state index in [4.69, 9.17) is 25.5 Å². The van der Waals surface area contributed by atoms with Gasteiger partial charge in [0.1, 0.15) is 11.6 Å². The fourth-order valence-electron chi connectivity index (χ4n) is 6.54. The van der Waals surface area contributed by atoms with Crippen LogP contribution in [0.3, 0.4) is 0 Å². The molecule has 3 aromatic carbocycles. The highest BCUT2D eigenvalue weighted by atomic mass is 35.5. The summed E-state index contributed by atoms with van der Waals surface area (Å²) in [5.41, 5.74) is 2.16. The molecule has 0 radical (unpaired) electrons. The van der Waals surface area contributed by atoms with Crippen molar-refractivity contribution < 1.29 is 28.3 Å². The maximum absolute atomic E-state index is 14.2. The normalized spacial score (nSPS) is 16.4. The van der Waals surface area contributed by atoms with Gasteiger partial charge in [-0.05, 0) is 60.7 Å². The highest BCUT2D eigenvalue weighted by Gasteiger charge is 2.33. The van der Waals surface area contributed by atoms with Crippen molar-refractivity contribution in [2.45, 2.75) is 25.3 Å². The van der Waals surface area contributed by atoms with E-state index >= 15 is 0 Å². The minimum absolute atomic E-state index is 0.0152. The summed E-state index contributed by atoms with van der Waals surface area (Å²) in [7, 11) is 0. The van der Waals surface area contributed by atoms with Gasteiger partial charge in [0.2, 0.25) is 12.7 Å². The molecule has 11 nitrogen and oxygen atoms in total. The molecule has 0 unspecified atom stereocenters. The lowest BCUT2D eigenvalue weighted by Gasteiger charge is -2.39. The van der Waals surface area contributed by atoms with Gasteiger partial charge in [-0.1, -0.05) is 42.4 Å². The Labute approximate surface area is 287 Å². The number of carbonyl (C=O) groups is 3. The molecule has 0 spiro atoms. The molecule has 3 aliphatic rings. The molecular weight excluding hydrogens is 648 g/mol. The minimum Gasteiger partial charge on any atom is -0.454 e. The fraction of sp³-hybridized carbons (Fsp3) is 0.297. The molecule has 3 amide bonds. The second kappa shape index (κ2) is 13.7. The Balaban J connectivity index is 1.11. The highest BCUT2D eigenvalue weighted by Crippen LogP contribution is 2.35. The first-order valence-electron chi connectivity index (χ1n) is 16.3. The number of hydrogen-bond donors (Lipinski definition) is 1. The van der Waals surface area contributed by atoms with Gasteiger partial charge in [-0.25, -0.2) is 0 Å². The van der Waals surface area contributed by atoms with Crippen LogP contribution in [0.1, 0.15) is 45.7 Å². The van der Waals surface area contributed by atoms with E-state index in [9.17, 15) is 19.2 Å². The largest absolute Gasteiger partial charge is 0.454 e. The van der Waals surface area contributed by atoms with Gasteiger partial charge in [0, 0.05) is 62.1 Å². The van der Waals surface area contributed by atoms with E-state index in [1.54, 1.807) is 29.2 Å². The Morgan fingerprint density at radius 2 is 1.51 bits per heavy atom. The second-order valence-corrected chi connectivity index (χ2v) is 12.7. The maximum Gasteiger partial charge on any atom is 0.288 e. The summed E-state index contributed by atoms with van der Waals surface area (Å²) in [5.74, 6) is -0.542. The summed E-state index contributed by atoms with van der Waals surface area (Å²) in [6.07, 6.45) is 3.15. The van der Waals surface area contributed by atoms with Crippen LogP contribution >= 0.6 is 11.6 Å². The quantitative estimate of drug-likeness (QED) is 0.290. The van der Waals surface area contributed by atoms with Crippen molar-refractivity contribution in [2.24, 2.45) is 0 Å². The number of nitrogens with zero attached hydrogens (tertiary/aromatic N) is 3. The van der Waals surface area contributed by atoms with Crippen LogP contribution in [0.4, 0.5) is 5.69 Å². The number of piperazine rings is 1. The van der Waals surface area contributed by atoms with Crippen molar-refractivity contribution >= 4 is 51.6 Å². The first kappa shape index (κ1) is 32.3. The van der Waals surface area contributed by atoms with Crippen molar-refractivity contribution in [1.82, 2.24) is 15.1 Å². The Hall–Kier alpha value is -5.29. The first-order valence-corrected chi connectivity index (χ1v) is 16.7. The number of halogens is 1. The van der Waals surface area contributed by atoms with Crippen molar-refractivity contribution in [2.75, 3.05) is 51.0 Å². The van der Waals surface area contributed by atoms with E-state index in [0.717, 1.165) is 44.1 Å². The predicted octanol–water partition coefficient (Wildman–Crippen LogP) is 4.96. The van der Waals surface area contributed by atoms with E-state index in [1.807, 2.05) is 29.2 Å². The topological polar surface area (TPSA) is 122 Å². The van der Waals surface area contributed by atoms with Crippen LogP contribution in [0.5, 0.6) is 11.5 Å². The van der Waals surface area contributed by atoms with E-state index in [0.29, 0.717) is 59.4 Å². The average molecular weight is 683 g/mol. The molecule has 3 aliphatic heterocycles. The first-order chi connectivity index (χ1) is 23.8. The van der Waals surface area contributed by atoms with Crippen LogP contribution < -0.4 is 25.1 Å². The number of para-hydroxylation sites is 1. The summed E-state index contributed by atoms with van der Waals surface area (Å²) in [5, 5.41) is 3.52. The van der Waals surface area contributed by atoms with Crippen LogP contribution in [-0.4, -0.2) is 79.6 Å². The number of ether oxygens (including phenoxy) is 2. The lowest BCUT2D eigenvalue weighted by Crippen LogP contribution is -2.55. The van der Waals surface area contributed by atoms with Gasteiger partial charge in [-0.15, -0.1) is 0 Å². The molecule has 2 fully saturated rings. The Morgan fingerprint density at radius 1 is 0.816 bits per heavy atom. The van der Waals surface area contributed by atoms with Crippen molar-refractivity contribution in [1.29, 1.82) is 0 Å². The number of amides is 3. The van der Waals surface area contributed by atoms with E-state index < -0.39 is 17.4 Å². The lowest BCUT2D eigenvalue weighted by molar-refractivity contribution is -0.132. The summed E-state index contributed by atoms with van der Waals surface area (Å²) >= 11 is 6.12. The number of carbonyl (C=O) groups excluding carboxylic acids is 3. The number of fused-ring (bicyclic) bond motifs is 2. The molecular formula is C37H35ClN4O7. The third kappa shape index (κ3) is 6.58. The van der Waals surface area contributed by atoms with Gasteiger partial charge in [0.25, 0.3) is 11.8 Å². The molecule has 49 heavy (non-hydrogen) atoms. The Bertz CT molecular complexity index is 2000. The van der Waals surface area contributed by atoms with Crippen molar-refractivity contribution in [3.63, 3.8) is 0 Å². The molecule has 2 saturated heterocycles. The number of benzene rings is 3. The third-order valence-electron chi connectivity index (χ3n) is 9.24. The molecule has 1 N–H and O–H groups in total. The van der Waals surface area contributed by atoms with Crippen molar-refractivity contribution in [3.8, 4) is 11.5 Å². The SMILES string of the molecule is C=C(c1ccc(Cl)cc1)[C@@H](NC(=O)c1cc(=O)c2cc3c(cc2o1)OCO3)C(=O)N1CCN(c2ccccc2C(=O)N2CCCCC2)CC1. The number of nitrogens with one attached hydrogen (secondary N) is 1. The second-order valence-electron chi connectivity index (χ2n) is 12.3. The number of piperidine rings is 1. The summed E-state index contributed by atoms with van der Waals surface area (Å²) in [6, 6.07) is 17.4. The number of hydrogen-bond acceptors (Lipinski definition) is 8. The molecule has 4 aromatic rings. The van der Waals surface area contributed by atoms with E-state index in [2.05, 4.69) is 16.8 Å². The predicted molar refractivity (Wildman–Crippen MR) is 185 cm³/mol. The molecule has 7 rings (SSSR count). The van der Waals surface area contributed by atoms with Crippen LogP contribution in [0.2, 0.25) is 5.02 Å². The Morgan fingerprint density at radius 3 is 2.24 bits per heavy atom. The minimum atomic E-state index is -1.18. The molecule has 0 saturated carbocycles. The Kier molecular flexibility index (Phi) is 9.01. The molecule has 4 heterocycles. The van der Waals surface area contributed by atoms with Crippen LogP contribution in [-0.2, 0) is 4.79 Å². The van der Waals surface area contributed by atoms with Crippen LogP contribution in [0.15, 0.2) is 82.5 Å². The monoisotopic (exact) mass is 682 g/mol. The number of likely N-dealkylation sites (tertiary alicyclic amines) is 1. The fourth-order valence-corrected chi connectivity index (χ4v) is 6.66. The molecule has 0 aliphatic carbocycles. The lowest BCUT2D eigenvalue weighted by atomic mass is 9.98. The smallest absolute Gasteiger partial charge is 0.288 e. The van der Waals surface area contributed by atoms with Gasteiger partial charge < -0.3 is 33.9 Å². The van der Waals surface area contributed by atoms with Gasteiger partial charge in [-0.3, -0.25) is 19.2 Å². The van der Waals surface area contributed by atoms with Gasteiger partial charge in [-0.2, -0.15) is 0 Å². The molecule has 12 heteroatoms. The summed E-state index contributed by atoms with van der Waals surface area (Å²) in [4.78, 5) is 60.0. The molecule has 0 bridgehead atoms. The zero-order valence-corrected chi connectivity index (χ0v) is 27.5. The van der Waals surface area contributed by atoms with Gasteiger partial charge >= 0.3 is 0 Å². The summed E-state index contributed by atoms with van der Waals surface area (Å²) in [6.45, 7) is 7.39. The summed E-state index contributed by atoms with van der Waals surface area (Å²) < 4.78 is 16.6. The number of anilines is 1.